The Bertz CT molecular complexity index is 764. The van der Waals surface area contributed by atoms with Crippen LogP contribution in [-0.4, -0.2) is 53.9 Å². The van der Waals surface area contributed by atoms with Gasteiger partial charge in [0.2, 0.25) is 11.8 Å². The van der Waals surface area contributed by atoms with E-state index in [1.54, 1.807) is 18.3 Å². The third-order valence-electron chi connectivity index (χ3n) is 4.18. The van der Waals surface area contributed by atoms with Crippen molar-refractivity contribution >= 4 is 5.95 Å². The van der Waals surface area contributed by atoms with Crippen LogP contribution in [0.15, 0.2) is 18.3 Å². The van der Waals surface area contributed by atoms with Gasteiger partial charge in [-0.15, -0.1) is 4.98 Å². The number of anilines is 1. The summed E-state index contributed by atoms with van der Waals surface area (Å²) in [4.78, 5) is 18.8. The summed E-state index contributed by atoms with van der Waals surface area (Å²) in [5.74, 6) is 1.44. The van der Waals surface area contributed by atoms with Gasteiger partial charge in [0.05, 0.1) is 32.5 Å². The highest BCUT2D eigenvalue weighted by molar-refractivity contribution is 5.33. The molecule has 0 N–H and O–H groups in total. The normalized spacial score (nSPS) is 14.6. The summed E-state index contributed by atoms with van der Waals surface area (Å²) < 4.78 is 15.9. The summed E-state index contributed by atoms with van der Waals surface area (Å²) in [5.41, 5.74) is 0.544. The molecule has 1 fully saturated rings. The van der Waals surface area contributed by atoms with E-state index < -0.39 is 0 Å². The largest absolute Gasteiger partial charge is 0.477 e. The van der Waals surface area contributed by atoms with E-state index in [4.69, 9.17) is 19.5 Å². The minimum Gasteiger partial charge on any atom is -0.477 e. The number of hydrogen-bond acceptors (Lipinski definition) is 9. The Kier molecular flexibility index (Phi) is 5.63. The van der Waals surface area contributed by atoms with Crippen molar-refractivity contribution in [1.29, 1.82) is 5.26 Å². The summed E-state index contributed by atoms with van der Waals surface area (Å²) in [6.45, 7) is 2.17. The predicted octanol–water partition coefficient (Wildman–Crippen LogP) is 1.45. The summed E-state index contributed by atoms with van der Waals surface area (Å²) in [7, 11) is 3.02. The maximum absolute atomic E-state index is 8.92. The summed E-state index contributed by atoms with van der Waals surface area (Å²) >= 11 is 0. The minimum absolute atomic E-state index is 0.237. The fraction of sp³-hybridized carbons (Fsp3) is 0.471. The van der Waals surface area contributed by atoms with E-state index in [0.29, 0.717) is 29.9 Å². The van der Waals surface area contributed by atoms with E-state index in [-0.39, 0.29) is 12.0 Å². The Labute approximate surface area is 151 Å². The number of methoxy groups -OCH3 is 2. The molecular weight excluding hydrogens is 336 g/mol. The molecular formula is C17H20N6O3. The van der Waals surface area contributed by atoms with Crippen molar-refractivity contribution in [2.75, 3.05) is 38.8 Å². The van der Waals surface area contributed by atoms with E-state index in [9.17, 15) is 0 Å². The Morgan fingerprint density at radius 1 is 1.15 bits per heavy atom. The quantitative estimate of drug-likeness (QED) is 0.760. The van der Waals surface area contributed by atoms with Gasteiger partial charge < -0.3 is 19.1 Å². The van der Waals surface area contributed by atoms with Gasteiger partial charge in [0.25, 0.3) is 0 Å². The first-order valence-corrected chi connectivity index (χ1v) is 8.29. The number of nitrogens with zero attached hydrogens (tertiary/aromatic N) is 6. The number of nitriles is 1. The molecule has 0 radical (unpaired) electrons. The molecule has 0 bridgehead atoms. The smallest absolute Gasteiger partial charge is 0.324 e. The zero-order chi connectivity index (χ0) is 18.4. The van der Waals surface area contributed by atoms with Crippen molar-refractivity contribution < 1.29 is 14.2 Å². The molecule has 9 heteroatoms. The molecule has 0 aliphatic carbocycles. The predicted molar refractivity (Wildman–Crippen MR) is 92.3 cm³/mol. The third-order valence-corrected chi connectivity index (χ3v) is 4.18. The van der Waals surface area contributed by atoms with Crippen LogP contribution in [0.3, 0.4) is 0 Å². The highest BCUT2D eigenvalue weighted by Crippen LogP contribution is 2.23. The Balaban J connectivity index is 1.55. The molecule has 26 heavy (non-hydrogen) atoms. The second-order valence-corrected chi connectivity index (χ2v) is 5.84. The molecule has 3 heterocycles. The second kappa shape index (κ2) is 8.29. The lowest BCUT2D eigenvalue weighted by molar-refractivity contribution is 0.215. The fourth-order valence-corrected chi connectivity index (χ4v) is 2.71. The van der Waals surface area contributed by atoms with Crippen LogP contribution in [0.5, 0.6) is 17.9 Å². The first-order valence-electron chi connectivity index (χ1n) is 8.29. The Hall–Kier alpha value is -3.15. The lowest BCUT2D eigenvalue weighted by Gasteiger charge is -2.31. The monoisotopic (exact) mass is 356 g/mol. The topological polar surface area (TPSA) is 106 Å². The molecule has 1 aliphatic heterocycles. The van der Waals surface area contributed by atoms with Gasteiger partial charge in [0.15, 0.2) is 0 Å². The zero-order valence-electron chi connectivity index (χ0n) is 14.8. The van der Waals surface area contributed by atoms with Crippen LogP contribution in [0.2, 0.25) is 0 Å². The van der Waals surface area contributed by atoms with Crippen LogP contribution in [-0.2, 0) is 0 Å². The molecule has 9 nitrogen and oxygen atoms in total. The summed E-state index contributed by atoms with van der Waals surface area (Å²) in [6, 6.07) is 5.86. The minimum atomic E-state index is 0.237. The van der Waals surface area contributed by atoms with Crippen molar-refractivity contribution in [1.82, 2.24) is 19.9 Å². The molecule has 3 rings (SSSR count). The number of aromatic nitrogens is 4. The number of rotatable bonds is 6. The maximum atomic E-state index is 8.92. The van der Waals surface area contributed by atoms with Gasteiger partial charge >= 0.3 is 12.0 Å². The molecule has 0 spiro atoms. The van der Waals surface area contributed by atoms with E-state index >= 15 is 0 Å². The van der Waals surface area contributed by atoms with Crippen LogP contribution in [0, 0.1) is 17.2 Å². The zero-order valence-corrected chi connectivity index (χ0v) is 14.8. The van der Waals surface area contributed by atoms with Gasteiger partial charge in [-0.05, 0) is 24.8 Å². The molecule has 136 valence electrons. The SMILES string of the molecule is COc1nc(OC)nc(N2CCC(COc3cc(C#N)ccn3)CC2)n1. The number of piperidine rings is 1. The van der Waals surface area contributed by atoms with Gasteiger partial charge in [0, 0.05) is 25.4 Å². The molecule has 0 amide bonds. The molecule has 1 saturated heterocycles. The average molecular weight is 356 g/mol. The van der Waals surface area contributed by atoms with Gasteiger partial charge in [0.1, 0.15) is 0 Å². The van der Waals surface area contributed by atoms with E-state index in [1.807, 2.05) is 0 Å². The molecule has 0 atom stereocenters. The molecule has 0 aromatic carbocycles. The molecule has 0 saturated carbocycles. The van der Waals surface area contributed by atoms with Crippen LogP contribution in [0.25, 0.3) is 0 Å². The first-order chi connectivity index (χ1) is 12.7. The van der Waals surface area contributed by atoms with Crippen LogP contribution in [0.4, 0.5) is 5.95 Å². The summed E-state index contributed by atoms with van der Waals surface area (Å²) in [6.07, 6.45) is 3.46. The van der Waals surface area contributed by atoms with Crippen LogP contribution in [0.1, 0.15) is 18.4 Å². The average Bonchev–Trinajstić information content (AvgIpc) is 2.72. The number of pyridine rings is 1. The maximum Gasteiger partial charge on any atom is 0.324 e. The van der Waals surface area contributed by atoms with E-state index in [1.165, 1.54) is 14.2 Å². The number of hydrogen-bond donors (Lipinski definition) is 0. The van der Waals surface area contributed by atoms with E-state index in [2.05, 4.69) is 30.9 Å². The lowest BCUT2D eigenvalue weighted by Crippen LogP contribution is -2.36. The Morgan fingerprint density at radius 3 is 2.46 bits per heavy atom. The van der Waals surface area contributed by atoms with Crippen molar-refractivity contribution in [2.45, 2.75) is 12.8 Å². The number of ether oxygens (including phenoxy) is 3. The van der Waals surface area contributed by atoms with Crippen molar-refractivity contribution in [3.63, 3.8) is 0 Å². The van der Waals surface area contributed by atoms with Crippen LogP contribution >= 0.6 is 0 Å². The van der Waals surface area contributed by atoms with Gasteiger partial charge in [-0.3, -0.25) is 0 Å². The van der Waals surface area contributed by atoms with Crippen LogP contribution < -0.4 is 19.1 Å². The molecule has 0 unspecified atom stereocenters. The highest BCUT2D eigenvalue weighted by Gasteiger charge is 2.23. The molecule has 2 aromatic rings. The Morgan fingerprint density at radius 2 is 1.85 bits per heavy atom. The second-order valence-electron chi connectivity index (χ2n) is 5.84. The highest BCUT2D eigenvalue weighted by atomic mass is 16.5. The third kappa shape index (κ3) is 4.27. The van der Waals surface area contributed by atoms with Gasteiger partial charge in [-0.1, -0.05) is 0 Å². The molecule has 2 aromatic heterocycles. The standard InChI is InChI=1S/C17H20N6O3/c1-24-16-20-15(21-17(22-16)25-2)23-7-4-12(5-8-23)11-26-14-9-13(10-18)3-6-19-14/h3,6,9,12H,4-5,7-8,11H2,1-2H3. The summed E-state index contributed by atoms with van der Waals surface area (Å²) in [5, 5.41) is 8.92. The van der Waals surface area contributed by atoms with Crippen molar-refractivity contribution in [3.05, 3.63) is 23.9 Å². The van der Waals surface area contributed by atoms with Gasteiger partial charge in [-0.2, -0.15) is 15.2 Å². The van der Waals surface area contributed by atoms with Crippen molar-refractivity contribution in [3.8, 4) is 24.0 Å². The molecule has 1 aliphatic rings. The van der Waals surface area contributed by atoms with Gasteiger partial charge in [-0.25, -0.2) is 4.98 Å². The lowest BCUT2D eigenvalue weighted by atomic mass is 9.98. The first kappa shape index (κ1) is 17.7. The van der Waals surface area contributed by atoms with E-state index in [0.717, 1.165) is 25.9 Å². The fourth-order valence-electron chi connectivity index (χ4n) is 2.71. The van der Waals surface area contributed by atoms with Crippen molar-refractivity contribution in [2.24, 2.45) is 5.92 Å².